The molecule has 1 saturated heterocycles. The Morgan fingerprint density at radius 3 is 2.74 bits per heavy atom. The zero-order valence-corrected chi connectivity index (χ0v) is 14.2. The van der Waals surface area contributed by atoms with Gasteiger partial charge < -0.3 is 4.74 Å². The molecule has 1 atom stereocenters. The highest BCUT2D eigenvalue weighted by Gasteiger charge is 2.28. The molecule has 3 rings (SSSR count). The van der Waals surface area contributed by atoms with Crippen LogP contribution >= 0.6 is 11.8 Å². The van der Waals surface area contributed by atoms with Crippen molar-refractivity contribution < 1.29 is 17.9 Å². The van der Waals surface area contributed by atoms with E-state index in [-0.39, 0.29) is 35.1 Å². The van der Waals surface area contributed by atoms with E-state index >= 15 is 0 Å². The average Bonchev–Trinajstić information content (AvgIpc) is 2.90. The van der Waals surface area contributed by atoms with Crippen LogP contribution in [0.3, 0.4) is 0 Å². The standard InChI is InChI=1S/C17H18O4S2/c18-17(11-22-15-8-9-23(19,20)12-15)21-10-14-6-3-5-13-4-1-2-7-16(13)14/h1-7,15H,8-12H2/t15-/m1/s1. The number of carbonyl (C=O) groups excluding carboxylic acids is 1. The lowest BCUT2D eigenvalue weighted by molar-refractivity contribution is -0.141. The van der Waals surface area contributed by atoms with Gasteiger partial charge in [-0.3, -0.25) is 4.79 Å². The van der Waals surface area contributed by atoms with E-state index in [1.54, 1.807) is 0 Å². The van der Waals surface area contributed by atoms with Crippen molar-refractivity contribution in [3.63, 3.8) is 0 Å². The maximum atomic E-state index is 11.9. The van der Waals surface area contributed by atoms with Crippen molar-refractivity contribution in [1.82, 2.24) is 0 Å². The van der Waals surface area contributed by atoms with Crippen molar-refractivity contribution in [2.24, 2.45) is 0 Å². The lowest BCUT2D eigenvalue weighted by Gasteiger charge is -2.09. The molecule has 0 radical (unpaired) electrons. The van der Waals surface area contributed by atoms with Crippen molar-refractivity contribution in [3.05, 3.63) is 48.0 Å². The van der Waals surface area contributed by atoms with Crippen molar-refractivity contribution in [1.29, 1.82) is 0 Å². The highest BCUT2D eigenvalue weighted by atomic mass is 32.2. The monoisotopic (exact) mass is 350 g/mol. The molecule has 23 heavy (non-hydrogen) atoms. The van der Waals surface area contributed by atoms with E-state index in [1.165, 1.54) is 11.8 Å². The molecule has 0 spiro atoms. The second kappa shape index (κ2) is 6.93. The minimum Gasteiger partial charge on any atom is -0.460 e. The maximum Gasteiger partial charge on any atom is 0.316 e. The normalized spacial score (nSPS) is 19.7. The quantitative estimate of drug-likeness (QED) is 0.776. The minimum absolute atomic E-state index is 0.0186. The van der Waals surface area contributed by atoms with E-state index in [1.807, 2.05) is 42.5 Å². The van der Waals surface area contributed by atoms with Gasteiger partial charge in [0.2, 0.25) is 0 Å². The summed E-state index contributed by atoms with van der Waals surface area (Å²) < 4.78 is 28.1. The molecule has 0 aliphatic carbocycles. The molecule has 0 unspecified atom stereocenters. The fourth-order valence-electron chi connectivity index (χ4n) is 2.70. The Morgan fingerprint density at radius 2 is 1.96 bits per heavy atom. The lowest BCUT2D eigenvalue weighted by Crippen LogP contribution is -2.12. The third kappa shape index (κ3) is 4.26. The number of hydrogen-bond donors (Lipinski definition) is 0. The molecule has 0 saturated carbocycles. The van der Waals surface area contributed by atoms with Crippen molar-refractivity contribution in [2.75, 3.05) is 17.3 Å². The van der Waals surface area contributed by atoms with Gasteiger partial charge in [-0.05, 0) is 22.8 Å². The lowest BCUT2D eigenvalue weighted by atomic mass is 10.1. The van der Waals surface area contributed by atoms with Crippen LogP contribution in [0.5, 0.6) is 0 Å². The van der Waals surface area contributed by atoms with Crippen LogP contribution in [0.2, 0.25) is 0 Å². The number of esters is 1. The van der Waals surface area contributed by atoms with Crippen LogP contribution < -0.4 is 0 Å². The Balaban J connectivity index is 1.53. The fourth-order valence-corrected chi connectivity index (χ4v) is 6.14. The average molecular weight is 350 g/mol. The predicted octanol–water partition coefficient (Wildman–Crippen LogP) is 2.80. The zero-order valence-electron chi connectivity index (χ0n) is 12.6. The summed E-state index contributed by atoms with van der Waals surface area (Å²) in [6, 6.07) is 13.9. The van der Waals surface area contributed by atoms with Crippen LogP contribution in [0.1, 0.15) is 12.0 Å². The van der Waals surface area contributed by atoms with E-state index in [0.717, 1.165) is 16.3 Å². The van der Waals surface area contributed by atoms with E-state index in [2.05, 4.69) is 0 Å². The largest absolute Gasteiger partial charge is 0.460 e. The summed E-state index contributed by atoms with van der Waals surface area (Å²) >= 11 is 1.38. The third-order valence-corrected chi connectivity index (χ3v) is 7.15. The fraction of sp³-hybridized carbons (Fsp3) is 0.353. The second-order valence-electron chi connectivity index (χ2n) is 5.64. The van der Waals surface area contributed by atoms with Gasteiger partial charge in [-0.2, -0.15) is 0 Å². The number of hydrogen-bond acceptors (Lipinski definition) is 5. The summed E-state index contributed by atoms with van der Waals surface area (Å²) in [6.45, 7) is 0.240. The number of ether oxygens (including phenoxy) is 1. The van der Waals surface area contributed by atoms with Gasteiger partial charge >= 0.3 is 5.97 Å². The van der Waals surface area contributed by atoms with Gasteiger partial charge in [0.25, 0.3) is 0 Å². The first-order valence-corrected chi connectivity index (χ1v) is 10.3. The molecule has 1 aliphatic rings. The van der Waals surface area contributed by atoms with Crippen LogP contribution in [0.25, 0.3) is 10.8 Å². The van der Waals surface area contributed by atoms with E-state index in [0.29, 0.717) is 6.42 Å². The summed E-state index contributed by atoms with van der Waals surface area (Å²) in [7, 11) is -2.90. The van der Waals surface area contributed by atoms with Crippen LogP contribution in [0.15, 0.2) is 42.5 Å². The van der Waals surface area contributed by atoms with Gasteiger partial charge in [-0.15, -0.1) is 11.8 Å². The summed E-state index contributed by atoms with van der Waals surface area (Å²) in [6.07, 6.45) is 0.629. The molecular formula is C17H18O4S2. The van der Waals surface area contributed by atoms with E-state index in [4.69, 9.17) is 4.74 Å². The summed E-state index contributed by atoms with van der Waals surface area (Å²) in [5, 5.41) is 2.22. The molecular weight excluding hydrogens is 332 g/mol. The van der Waals surface area contributed by atoms with Gasteiger partial charge in [0.05, 0.1) is 17.3 Å². The molecule has 1 heterocycles. The van der Waals surface area contributed by atoms with E-state index < -0.39 is 9.84 Å². The topological polar surface area (TPSA) is 60.4 Å². The number of thioether (sulfide) groups is 1. The molecule has 6 heteroatoms. The molecule has 2 aromatic carbocycles. The van der Waals surface area contributed by atoms with Crippen molar-refractivity contribution >= 4 is 38.3 Å². The van der Waals surface area contributed by atoms with Crippen molar-refractivity contribution in [3.8, 4) is 0 Å². The molecule has 2 aromatic rings. The summed E-state index contributed by atoms with van der Waals surface area (Å²) in [5.74, 6) is 0.307. The van der Waals surface area contributed by atoms with E-state index in [9.17, 15) is 13.2 Å². The van der Waals surface area contributed by atoms with Crippen LogP contribution in [-0.2, 0) is 26.0 Å². The van der Waals surface area contributed by atoms with Gasteiger partial charge in [-0.1, -0.05) is 42.5 Å². The van der Waals surface area contributed by atoms with Gasteiger partial charge in [0.1, 0.15) is 6.61 Å². The molecule has 1 fully saturated rings. The summed E-state index contributed by atoms with van der Waals surface area (Å²) in [4.78, 5) is 11.9. The Labute approximate surface area is 140 Å². The second-order valence-corrected chi connectivity index (χ2v) is 9.15. The summed E-state index contributed by atoms with van der Waals surface area (Å²) in [5.41, 5.74) is 0.977. The first-order chi connectivity index (χ1) is 11.0. The smallest absolute Gasteiger partial charge is 0.316 e. The molecule has 0 aromatic heterocycles. The Bertz CT molecular complexity index is 809. The van der Waals surface area contributed by atoms with Gasteiger partial charge in [0.15, 0.2) is 9.84 Å². The van der Waals surface area contributed by atoms with Gasteiger partial charge in [0, 0.05) is 5.25 Å². The number of benzene rings is 2. The number of carbonyl (C=O) groups is 1. The first-order valence-electron chi connectivity index (χ1n) is 7.48. The molecule has 0 N–H and O–H groups in total. The first kappa shape index (κ1) is 16.3. The highest BCUT2D eigenvalue weighted by Crippen LogP contribution is 2.24. The van der Waals surface area contributed by atoms with Crippen LogP contribution in [-0.4, -0.2) is 36.9 Å². The van der Waals surface area contributed by atoms with Crippen LogP contribution in [0.4, 0.5) is 0 Å². The number of rotatable bonds is 5. The Hall–Kier alpha value is -1.53. The highest BCUT2D eigenvalue weighted by molar-refractivity contribution is 8.02. The number of fused-ring (bicyclic) bond motifs is 1. The minimum atomic E-state index is -2.90. The Kier molecular flexibility index (Phi) is 4.92. The zero-order chi connectivity index (χ0) is 16.3. The van der Waals surface area contributed by atoms with Gasteiger partial charge in [-0.25, -0.2) is 8.42 Å². The van der Waals surface area contributed by atoms with Crippen molar-refractivity contribution in [2.45, 2.75) is 18.3 Å². The molecule has 0 amide bonds. The predicted molar refractivity (Wildman–Crippen MR) is 93.3 cm³/mol. The van der Waals surface area contributed by atoms with Crippen LogP contribution in [0, 0.1) is 0 Å². The molecule has 0 bridgehead atoms. The molecule has 1 aliphatic heterocycles. The Morgan fingerprint density at radius 1 is 1.17 bits per heavy atom. The molecule has 4 nitrogen and oxygen atoms in total. The number of sulfone groups is 1. The maximum absolute atomic E-state index is 11.9. The third-order valence-electron chi connectivity index (χ3n) is 3.90. The SMILES string of the molecule is O=C(CS[C@@H]1CCS(=O)(=O)C1)OCc1cccc2ccccc12. The molecule has 122 valence electrons.